The molecule has 2 rings (SSSR count). The van der Waals surface area contributed by atoms with E-state index in [1.807, 2.05) is 18.2 Å². The quantitative estimate of drug-likeness (QED) is 0.923. The highest BCUT2D eigenvalue weighted by Crippen LogP contribution is 2.30. The molecule has 104 valence electrons. The normalized spacial score (nSPS) is 10.6. The van der Waals surface area contributed by atoms with E-state index in [0.29, 0.717) is 11.6 Å². The number of aromatic nitrogens is 1. The average Bonchev–Trinajstić information content (AvgIpc) is 2.46. The fourth-order valence-corrected chi connectivity index (χ4v) is 2.07. The van der Waals surface area contributed by atoms with Crippen LogP contribution in [0.5, 0.6) is 5.75 Å². The summed E-state index contributed by atoms with van der Waals surface area (Å²) in [5.74, 6) is 0.192. The third kappa shape index (κ3) is 2.79. The molecular formula is C16H17NO3. The van der Waals surface area contributed by atoms with Gasteiger partial charge in [0.2, 0.25) is 0 Å². The van der Waals surface area contributed by atoms with Crippen LogP contribution in [0.3, 0.4) is 0 Å². The van der Waals surface area contributed by atoms with Gasteiger partial charge in [-0.25, -0.2) is 4.79 Å². The van der Waals surface area contributed by atoms with Crippen LogP contribution in [0.4, 0.5) is 0 Å². The van der Waals surface area contributed by atoms with Crippen LogP contribution in [0.2, 0.25) is 0 Å². The van der Waals surface area contributed by atoms with Gasteiger partial charge in [-0.2, -0.15) is 0 Å². The highest BCUT2D eigenvalue weighted by Gasteiger charge is 2.11. The minimum Gasteiger partial charge on any atom is -0.496 e. The Morgan fingerprint density at radius 1 is 1.25 bits per heavy atom. The Balaban J connectivity index is 2.50. The van der Waals surface area contributed by atoms with E-state index in [4.69, 9.17) is 9.84 Å². The predicted molar refractivity (Wildman–Crippen MR) is 77.3 cm³/mol. The molecule has 0 amide bonds. The molecule has 0 fully saturated rings. The number of carboxylic acid groups (broad SMARTS) is 1. The van der Waals surface area contributed by atoms with Gasteiger partial charge in [-0.15, -0.1) is 0 Å². The summed E-state index contributed by atoms with van der Waals surface area (Å²) in [6, 6.07) is 8.84. The van der Waals surface area contributed by atoms with Gasteiger partial charge >= 0.3 is 5.97 Å². The maximum atomic E-state index is 11.0. The third-order valence-corrected chi connectivity index (χ3v) is 3.15. The van der Waals surface area contributed by atoms with Gasteiger partial charge in [-0.05, 0) is 41.8 Å². The number of carbonyl (C=O) groups is 1. The number of pyridine rings is 1. The van der Waals surface area contributed by atoms with Gasteiger partial charge in [0.1, 0.15) is 5.75 Å². The van der Waals surface area contributed by atoms with E-state index >= 15 is 0 Å². The fraction of sp³-hybridized carbons (Fsp3) is 0.250. The summed E-state index contributed by atoms with van der Waals surface area (Å²) in [4.78, 5) is 15.3. The summed E-state index contributed by atoms with van der Waals surface area (Å²) in [7, 11) is 1.64. The summed E-state index contributed by atoms with van der Waals surface area (Å²) in [5.41, 5.74) is 2.84. The van der Waals surface area contributed by atoms with Crippen molar-refractivity contribution in [3.05, 3.63) is 47.7 Å². The molecular weight excluding hydrogens is 254 g/mol. The van der Waals surface area contributed by atoms with Crippen molar-refractivity contribution >= 4 is 5.97 Å². The molecule has 0 saturated heterocycles. The first kappa shape index (κ1) is 14.1. The smallest absolute Gasteiger partial charge is 0.335 e. The van der Waals surface area contributed by atoms with Crippen LogP contribution >= 0.6 is 0 Å². The van der Waals surface area contributed by atoms with Crippen molar-refractivity contribution in [2.45, 2.75) is 19.8 Å². The van der Waals surface area contributed by atoms with Crippen LogP contribution in [-0.4, -0.2) is 23.2 Å². The number of ether oxygens (including phenoxy) is 1. The number of rotatable bonds is 4. The molecule has 0 aliphatic rings. The molecule has 0 saturated carbocycles. The molecule has 4 heteroatoms. The lowest BCUT2D eigenvalue weighted by atomic mass is 9.98. The van der Waals surface area contributed by atoms with Crippen molar-refractivity contribution in [1.82, 2.24) is 4.98 Å². The number of hydrogen-bond acceptors (Lipinski definition) is 3. The van der Waals surface area contributed by atoms with Crippen molar-refractivity contribution in [1.29, 1.82) is 0 Å². The number of methoxy groups -OCH3 is 1. The maximum Gasteiger partial charge on any atom is 0.335 e. The minimum absolute atomic E-state index is 0.233. The van der Waals surface area contributed by atoms with E-state index in [9.17, 15) is 4.79 Å². The molecule has 0 bridgehead atoms. The largest absolute Gasteiger partial charge is 0.496 e. The molecule has 0 spiro atoms. The van der Waals surface area contributed by atoms with E-state index < -0.39 is 5.97 Å². The lowest BCUT2D eigenvalue weighted by Gasteiger charge is -2.13. The van der Waals surface area contributed by atoms with E-state index in [1.54, 1.807) is 13.2 Å². The second-order valence-corrected chi connectivity index (χ2v) is 4.85. The summed E-state index contributed by atoms with van der Waals surface area (Å²) >= 11 is 0. The second-order valence-electron chi connectivity index (χ2n) is 4.85. The zero-order valence-corrected chi connectivity index (χ0v) is 11.8. The van der Waals surface area contributed by atoms with Crippen molar-refractivity contribution in [2.75, 3.05) is 7.11 Å². The highest BCUT2D eigenvalue weighted by atomic mass is 16.5. The number of aromatic carboxylic acids is 1. The van der Waals surface area contributed by atoms with E-state index in [1.165, 1.54) is 12.3 Å². The Kier molecular flexibility index (Phi) is 4.03. The molecule has 0 atom stereocenters. The standard InChI is InChI=1S/C16H17NO3/c1-10(2)13-8-11(4-5-15(13)20-3)14-9-12(16(18)19)6-7-17-14/h4-10H,1-3H3,(H,18,19). The third-order valence-electron chi connectivity index (χ3n) is 3.15. The molecule has 1 aromatic carbocycles. The molecule has 0 unspecified atom stereocenters. The van der Waals surface area contributed by atoms with Crippen molar-refractivity contribution in [3.63, 3.8) is 0 Å². The summed E-state index contributed by atoms with van der Waals surface area (Å²) < 4.78 is 5.34. The van der Waals surface area contributed by atoms with Gasteiger partial charge in [0.15, 0.2) is 0 Å². The molecule has 20 heavy (non-hydrogen) atoms. The molecule has 1 aromatic heterocycles. The van der Waals surface area contributed by atoms with Gasteiger partial charge in [-0.1, -0.05) is 13.8 Å². The summed E-state index contributed by atoms with van der Waals surface area (Å²) in [6.07, 6.45) is 1.51. The van der Waals surface area contributed by atoms with Gasteiger partial charge in [0.05, 0.1) is 18.4 Å². The lowest BCUT2D eigenvalue weighted by Crippen LogP contribution is -1.98. The van der Waals surface area contributed by atoms with Gasteiger partial charge in [0, 0.05) is 11.8 Å². The zero-order chi connectivity index (χ0) is 14.7. The number of carboxylic acids is 1. The SMILES string of the molecule is COc1ccc(-c2cc(C(=O)O)ccn2)cc1C(C)C. The molecule has 1 N–H and O–H groups in total. The molecule has 2 aromatic rings. The maximum absolute atomic E-state index is 11.0. The van der Waals surface area contributed by atoms with Crippen LogP contribution in [0.1, 0.15) is 35.7 Å². The lowest BCUT2D eigenvalue weighted by molar-refractivity contribution is 0.0697. The molecule has 0 radical (unpaired) electrons. The number of hydrogen-bond donors (Lipinski definition) is 1. The van der Waals surface area contributed by atoms with Crippen LogP contribution < -0.4 is 4.74 Å². The molecule has 4 nitrogen and oxygen atoms in total. The Morgan fingerprint density at radius 3 is 2.60 bits per heavy atom. The molecule has 1 heterocycles. The second kappa shape index (κ2) is 5.74. The van der Waals surface area contributed by atoms with E-state index in [-0.39, 0.29) is 5.56 Å². The van der Waals surface area contributed by atoms with Crippen LogP contribution in [0.25, 0.3) is 11.3 Å². The summed E-state index contributed by atoms with van der Waals surface area (Å²) in [5, 5.41) is 9.03. The van der Waals surface area contributed by atoms with Gasteiger partial charge in [-0.3, -0.25) is 4.98 Å². The van der Waals surface area contributed by atoms with Gasteiger partial charge < -0.3 is 9.84 Å². The van der Waals surface area contributed by atoms with Crippen LogP contribution in [0.15, 0.2) is 36.5 Å². The Labute approximate surface area is 118 Å². The zero-order valence-electron chi connectivity index (χ0n) is 11.8. The van der Waals surface area contributed by atoms with Gasteiger partial charge in [0.25, 0.3) is 0 Å². The predicted octanol–water partition coefficient (Wildman–Crippen LogP) is 3.58. The minimum atomic E-state index is -0.953. The number of benzene rings is 1. The highest BCUT2D eigenvalue weighted by molar-refractivity contribution is 5.88. The number of nitrogens with zero attached hydrogens (tertiary/aromatic N) is 1. The fourth-order valence-electron chi connectivity index (χ4n) is 2.07. The van der Waals surface area contributed by atoms with Crippen LogP contribution in [0, 0.1) is 0 Å². The van der Waals surface area contributed by atoms with Crippen molar-refractivity contribution in [3.8, 4) is 17.0 Å². The first-order valence-electron chi connectivity index (χ1n) is 6.40. The Hall–Kier alpha value is -2.36. The first-order valence-corrected chi connectivity index (χ1v) is 6.40. The van der Waals surface area contributed by atoms with Crippen molar-refractivity contribution in [2.24, 2.45) is 0 Å². The van der Waals surface area contributed by atoms with Crippen molar-refractivity contribution < 1.29 is 14.6 Å². The average molecular weight is 271 g/mol. The van der Waals surface area contributed by atoms with E-state index in [0.717, 1.165) is 16.9 Å². The molecule has 0 aliphatic carbocycles. The summed E-state index contributed by atoms with van der Waals surface area (Å²) in [6.45, 7) is 4.17. The molecule has 0 aliphatic heterocycles. The Bertz CT molecular complexity index is 635. The topological polar surface area (TPSA) is 59.4 Å². The monoisotopic (exact) mass is 271 g/mol. The van der Waals surface area contributed by atoms with E-state index in [2.05, 4.69) is 18.8 Å². The van der Waals surface area contributed by atoms with Crippen LogP contribution in [-0.2, 0) is 0 Å². The Morgan fingerprint density at radius 2 is 2.00 bits per heavy atom. The first-order chi connectivity index (χ1) is 9.52.